The Kier molecular flexibility index (Phi) is 2.32. The lowest BCUT2D eigenvalue weighted by Gasteiger charge is -2.12. The third kappa shape index (κ3) is 1.57. The molecule has 3 rings (SSSR count). The van der Waals surface area contributed by atoms with Gasteiger partial charge in [-0.1, -0.05) is 16.6 Å². The summed E-state index contributed by atoms with van der Waals surface area (Å²) >= 11 is 1.32. The second-order valence-electron chi connectivity index (χ2n) is 3.82. The number of aromatic nitrogens is 2. The molecule has 1 aromatic carbocycles. The molecule has 0 fully saturated rings. The summed E-state index contributed by atoms with van der Waals surface area (Å²) in [6.45, 7) is 0. The predicted octanol–water partition coefficient (Wildman–Crippen LogP) is 2.78. The van der Waals surface area contributed by atoms with E-state index >= 15 is 0 Å². The largest absolute Gasteiger partial charge is 0.368 e. The van der Waals surface area contributed by atoms with Crippen LogP contribution < -0.4 is 5.32 Å². The number of hydrogen-bond acceptors (Lipinski definition) is 4. The van der Waals surface area contributed by atoms with E-state index in [2.05, 4.69) is 14.9 Å². The molecule has 0 saturated heterocycles. The smallest absolute Gasteiger partial charge is 0.130 e. The summed E-state index contributed by atoms with van der Waals surface area (Å²) in [5.41, 5.74) is 1.91. The Hall–Kier alpha value is -1.49. The molecule has 1 heterocycles. The van der Waals surface area contributed by atoms with Gasteiger partial charge < -0.3 is 5.32 Å². The van der Waals surface area contributed by atoms with Crippen LogP contribution in [0.25, 0.3) is 0 Å². The van der Waals surface area contributed by atoms with Gasteiger partial charge >= 0.3 is 0 Å². The summed E-state index contributed by atoms with van der Waals surface area (Å²) in [5.74, 6) is -0.0933. The molecular weight excluding hydrogens is 225 g/mol. The highest BCUT2D eigenvalue weighted by Gasteiger charge is 2.24. The number of anilines is 1. The van der Waals surface area contributed by atoms with Crippen LogP contribution in [-0.4, -0.2) is 9.59 Å². The lowest BCUT2D eigenvalue weighted by Crippen LogP contribution is -2.05. The zero-order valence-electron chi connectivity index (χ0n) is 8.48. The average Bonchev–Trinajstić information content (AvgIpc) is 2.90. The van der Waals surface area contributed by atoms with Crippen molar-refractivity contribution in [2.24, 2.45) is 0 Å². The van der Waals surface area contributed by atoms with E-state index in [1.807, 2.05) is 6.07 Å². The SMILES string of the molecule is Fc1cccc2c1CCC2Nc1cnns1. The number of nitrogens with one attached hydrogen (secondary N) is 1. The zero-order chi connectivity index (χ0) is 11.0. The van der Waals surface area contributed by atoms with Crippen molar-refractivity contribution in [2.45, 2.75) is 18.9 Å². The van der Waals surface area contributed by atoms with E-state index in [9.17, 15) is 4.39 Å². The zero-order valence-corrected chi connectivity index (χ0v) is 9.30. The monoisotopic (exact) mass is 235 g/mol. The predicted molar refractivity (Wildman–Crippen MR) is 61.0 cm³/mol. The van der Waals surface area contributed by atoms with Crippen LogP contribution in [0.5, 0.6) is 0 Å². The molecular formula is C11H10FN3S. The topological polar surface area (TPSA) is 37.8 Å². The van der Waals surface area contributed by atoms with Crippen molar-refractivity contribution in [3.8, 4) is 0 Å². The Morgan fingerprint density at radius 2 is 2.38 bits per heavy atom. The number of fused-ring (bicyclic) bond motifs is 1. The summed E-state index contributed by atoms with van der Waals surface area (Å²) in [6, 6.07) is 5.46. The van der Waals surface area contributed by atoms with Gasteiger partial charge in [0.05, 0.1) is 12.2 Å². The first-order valence-corrected chi connectivity index (χ1v) is 5.93. The Labute approximate surface area is 96.5 Å². The molecule has 1 aliphatic carbocycles. The first kappa shape index (κ1) is 9.72. The molecule has 16 heavy (non-hydrogen) atoms. The second kappa shape index (κ2) is 3.83. The summed E-state index contributed by atoms with van der Waals surface area (Å²) in [6.07, 6.45) is 3.42. The summed E-state index contributed by atoms with van der Waals surface area (Å²) < 4.78 is 17.3. The van der Waals surface area contributed by atoms with Gasteiger partial charge in [0.15, 0.2) is 0 Å². The first-order valence-electron chi connectivity index (χ1n) is 5.16. The Bertz CT molecular complexity index is 498. The van der Waals surface area contributed by atoms with Gasteiger partial charge in [0.1, 0.15) is 10.8 Å². The fourth-order valence-electron chi connectivity index (χ4n) is 2.16. The van der Waals surface area contributed by atoms with Gasteiger partial charge in [-0.3, -0.25) is 0 Å². The number of nitrogens with zero attached hydrogens (tertiary/aromatic N) is 2. The maximum Gasteiger partial charge on any atom is 0.130 e. The van der Waals surface area contributed by atoms with Crippen molar-refractivity contribution in [3.05, 3.63) is 41.3 Å². The van der Waals surface area contributed by atoms with Crippen molar-refractivity contribution in [2.75, 3.05) is 5.32 Å². The van der Waals surface area contributed by atoms with Gasteiger partial charge in [-0.2, -0.15) is 0 Å². The average molecular weight is 235 g/mol. The summed E-state index contributed by atoms with van der Waals surface area (Å²) in [7, 11) is 0. The number of halogens is 1. The minimum atomic E-state index is -0.0933. The molecule has 1 N–H and O–H groups in total. The van der Waals surface area contributed by atoms with Crippen LogP contribution in [0.15, 0.2) is 24.4 Å². The Balaban J connectivity index is 1.89. The van der Waals surface area contributed by atoms with Crippen molar-refractivity contribution < 1.29 is 4.39 Å². The van der Waals surface area contributed by atoms with Gasteiger partial charge in [0, 0.05) is 11.5 Å². The standard InChI is InChI=1S/C11H10FN3S/c12-9-3-1-2-8-7(9)4-5-10(8)14-11-6-13-15-16-11/h1-3,6,10,14H,4-5H2. The maximum atomic E-state index is 13.5. The quantitative estimate of drug-likeness (QED) is 0.869. The van der Waals surface area contributed by atoms with Gasteiger partial charge in [0.25, 0.3) is 0 Å². The van der Waals surface area contributed by atoms with Crippen LogP contribution in [0.3, 0.4) is 0 Å². The normalized spacial score (nSPS) is 18.4. The van der Waals surface area contributed by atoms with Crippen LogP contribution in [-0.2, 0) is 6.42 Å². The maximum absolute atomic E-state index is 13.5. The minimum absolute atomic E-state index is 0.0933. The van der Waals surface area contributed by atoms with Crippen LogP contribution in [0.4, 0.5) is 9.39 Å². The van der Waals surface area contributed by atoms with E-state index in [0.29, 0.717) is 0 Å². The van der Waals surface area contributed by atoms with E-state index in [0.717, 1.165) is 29.0 Å². The van der Waals surface area contributed by atoms with Crippen LogP contribution in [0, 0.1) is 5.82 Å². The molecule has 1 aliphatic rings. The summed E-state index contributed by atoms with van der Waals surface area (Å²) in [4.78, 5) is 0. The molecule has 0 bridgehead atoms. The lowest BCUT2D eigenvalue weighted by molar-refractivity contribution is 0.612. The fourth-order valence-corrected chi connectivity index (χ4v) is 2.63. The molecule has 0 aliphatic heterocycles. The second-order valence-corrected chi connectivity index (χ2v) is 4.61. The number of rotatable bonds is 2. The Morgan fingerprint density at radius 3 is 3.19 bits per heavy atom. The third-order valence-corrected chi connectivity index (χ3v) is 3.49. The Morgan fingerprint density at radius 1 is 1.44 bits per heavy atom. The highest BCUT2D eigenvalue weighted by molar-refractivity contribution is 7.09. The van der Waals surface area contributed by atoms with Gasteiger partial charge in [-0.15, -0.1) is 5.10 Å². The molecule has 1 unspecified atom stereocenters. The van der Waals surface area contributed by atoms with Gasteiger partial charge in [0.2, 0.25) is 0 Å². The molecule has 1 atom stereocenters. The van der Waals surface area contributed by atoms with E-state index in [4.69, 9.17) is 0 Å². The van der Waals surface area contributed by atoms with Crippen molar-refractivity contribution in [3.63, 3.8) is 0 Å². The molecule has 0 amide bonds. The molecule has 82 valence electrons. The van der Waals surface area contributed by atoms with E-state index in [-0.39, 0.29) is 11.9 Å². The molecule has 2 aromatic rings. The molecule has 5 heteroatoms. The van der Waals surface area contributed by atoms with E-state index in [1.54, 1.807) is 12.3 Å². The molecule has 0 spiro atoms. The molecule has 3 nitrogen and oxygen atoms in total. The lowest BCUT2D eigenvalue weighted by atomic mass is 10.1. The summed E-state index contributed by atoms with van der Waals surface area (Å²) in [5, 5.41) is 8.03. The number of benzene rings is 1. The molecule has 0 saturated carbocycles. The van der Waals surface area contributed by atoms with Crippen molar-refractivity contribution >= 4 is 16.5 Å². The van der Waals surface area contributed by atoms with Crippen LogP contribution in [0.2, 0.25) is 0 Å². The molecule has 1 aromatic heterocycles. The van der Waals surface area contributed by atoms with Gasteiger partial charge in [-0.25, -0.2) is 4.39 Å². The third-order valence-electron chi connectivity index (χ3n) is 2.89. The highest BCUT2D eigenvalue weighted by atomic mass is 32.1. The number of hydrogen-bond donors (Lipinski definition) is 1. The van der Waals surface area contributed by atoms with Gasteiger partial charge in [-0.05, 0) is 30.0 Å². The molecule has 0 radical (unpaired) electrons. The van der Waals surface area contributed by atoms with Crippen LogP contribution >= 0.6 is 11.5 Å². The highest BCUT2D eigenvalue weighted by Crippen LogP contribution is 2.35. The van der Waals surface area contributed by atoms with Crippen molar-refractivity contribution in [1.29, 1.82) is 0 Å². The van der Waals surface area contributed by atoms with E-state index in [1.165, 1.54) is 17.6 Å². The van der Waals surface area contributed by atoms with Crippen molar-refractivity contribution in [1.82, 2.24) is 9.59 Å². The van der Waals surface area contributed by atoms with E-state index < -0.39 is 0 Å². The first-order chi connectivity index (χ1) is 7.84. The van der Waals surface area contributed by atoms with Crippen LogP contribution in [0.1, 0.15) is 23.6 Å². The fraction of sp³-hybridized carbons (Fsp3) is 0.273. The minimum Gasteiger partial charge on any atom is -0.368 e.